The molecule has 15 heavy (non-hydrogen) atoms. The van der Waals surface area contributed by atoms with E-state index in [1.807, 2.05) is 0 Å². The van der Waals surface area contributed by atoms with E-state index in [4.69, 9.17) is 5.11 Å². The van der Waals surface area contributed by atoms with E-state index in [2.05, 4.69) is 10.3 Å². The van der Waals surface area contributed by atoms with Crippen molar-refractivity contribution in [1.82, 2.24) is 5.32 Å². The Morgan fingerprint density at radius 1 is 1.60 bits per heavy atom. The summed E-state index contributed by atoms with van der Waals surface area (Å²) in [5, 5.41) is 11.3. The molecule has 0 aromatic rings. The summed E-state index contributed by atoms with van der Waals surface area (Å²) in [5.41, 5.74) is 0.207. The number of aliphatic carboxylic acids is 1. The van der Waals surface area contributed by atoms with Gasteiger partial charge in [0.2, 0.25) is 5.91 Å². The first kappa shape index (κ1) is 11.2. The fraction of sp³-hybridized carbons (Fsp3) is 0.300. The second-order valence-electron chi connectivity index (χ2n) is 2.98. The van der Waals surface area contributed by atoms with Crippen molar-refractivity contribution >= 4 is 17.7 Å². The monoisotopic (exact) mass is 208 g/mol. The minimum atomic E-state index is -1.00. The number of nitrogens with zero attached hydrogens (tertiary/aromatic N) is 1. The van der Waals surface area contributed by atoms with E-state index < -0.39 is 5.97 Å². The molecule has 1 aliphatic rings. The fourth-order valence-electron chi connectivity index (χ4n) is 1.02. The number of carbonyl (C=O) groups is 2. The van der Waals surface area contributed by atoms with E-state index in [-0.39, 0.29) is 17.3 Å². The van der Waals surface area contributed by atoms with Gasteiger partial charge in [0, 0.05) is 18.2 Å². The molecular formula is C10H12N2O3. The minimum absolute atomic E-state index is 0.190. The van der Waals surface area contributed by atoms with Crippen molar-refractivity contribution in [1.29, 1.82) is 0 Å². The van der Waals surface area contributed by atoms with E-state index in [0.717, 1.165) is 0 Å². The van der Waals surface area contributed by atoms with Crippen LogP contribution < -0.4 is 5.32 Å². The molecule has 1 rings (SSSR count). The molecule has 0 unspecified atom stereocenters. The summed E-state index contributed by atoms with van der Waals surface area (Å²) in [4.78, 5) is 25.7. The van der Waals surface area contributed by atoms with E-state index in [0.29, 0.717) is 12.8 Å². The Labute approximate surface area is 87.2 Å². The van der Waals surface area contributed by atoms with Crippen molar-refractivity contribution in [2.24, 2.45) is 4.99 Å². The Balaban J connectivity index is 2.82. The number of amides is 1. The van der Waals surface area contributed by atoms with E-state index in [1.165, 1.54) is 12.3 Å². The Morgan fingerprint density at radius 2 is 2.33 bits per heavy atom. The number of hydrogen-bond acceptors (Lipinski definition) is 3. The minimum Gasteiger partial charge on any atom is -0.478 e. The van der Waals surface area contributed by atoms with Crippen molar-refractivity contribution in [2.75, 3.05) is 0 Å². The summed E-state index contributed by atoms with van der Waals surface area (Å²) in [6.07, 6.45) is 5.13. The Hall–Kier alpha value is -1.91. The van der Waals surface area contributed by atoms with Gasteiger partial charge in [0.25, 0.3) is 0 Å². The van der Waals surface area contributed by atoms with Crippen LogP contribution in [-0.4, -0.2) is 22.8 Å². The zero-order valence-electron chi connectivity index (χ0n) is 8.36. The van der Waals surface area contributed by atoms with Crippen LogP contribution in [0.2, 0.25) is 0 Å². The molecule has 0 aliphatic carbocycles. The van der Waals surface area contributed by atoms with Crippen LogP contribution >= 0.6 is 0 Å². The molecule has 2 N–H and O–H groups in total. The summed E-state index contributed by atoms with van der Waals surface area (Å²) in [6, 6.07) is 0. The number of carboxylic acid groups (broad SMARTS) is 1. The maximum absolute atomic E-state index is 11.1. The number of amidine groups is 1. The number of hydrogen-bond donors (Lipinski definition) is 2. The highest BCUT2D eigenvalue weighted by Gasteiger charge is 2.10. The fourth-order valence-corrected chi connectivity index (χ4v) is 1.02. The van der Waals surface area contributed by atoms with Gasteiger partial charge in [0.15, 0.2) is 0 Å². The Bertz CT molecular complexity index is 367. The van der Waals surface area contributed by atoms with Crippen molar-refractivity contribution < 1.29 is 14.7 Å². The summed E-state index contributed by atoms with van der Waals surface area (Å²) in [6.45, 7) is 1.71. The normalized spacial score (nSPS) is 15.0. The third kappa shape index (κ3) is 3.38. The third-order valence-electron chi connectivity index (χ3n) is 1.83. The first-order chi connectivity index (χ1) is 7.13. The Morgan fingerprint density at radius 3 is 2.93 bits per heavy atom. The highest BCUT2D eigenvalue weighted by atomic mass is 16.4. The molecule has 1 aliphatic heterocycles. The molecule has 1 amide bonds. The van der Waals surface area contributed by atoms with Crippen LogP contribution in [0.4, 0.5) is 0 Å². The van der Waals surface area contributed by atoms with Crippen LogP contribution in [0.5, 0.6) is 0 Å². The SMILES string of the molecule is CCC(=O)NC1=NC=CCC(C(=O)O)=C1. The van der Waals surface area contributed by atoms with Gasteiger partial charge >= 0.3 is 5.97 Å². The van der Waals surface area contributed by atoms with Gasteiger partial charge in [-0.25, -0.2) is 9.79 Å². The second kappa shape index (κ2) is 5.09. The van der Waals surface area contributed by atoms with Crippen molar-refractivity contribution in [2.45, 2.75) is 19.8 Å². The molecular weight excluding hydrogens is 196 g/mol. The van der Waals surface area contributed by atoms with E-state index in [9.17, 15) is 9.59 Å². The van der Waals surface area contributed by atoms with Gasteiger partial charge in [-0.05, 0) is 12.5 Å². The quantitative estimate of drug-likeness (QED) is 0.705. The predicted molar refractivity (Wildman–Crippen MR) is 55.3 cm³/mol. The lowest BCUT2D eigenvalue weighted by Crippen LogP contribution is -2.28. The van der Waals surface area contributed by atoms with Crippen molar-refractivity contribution in [3.63, 3.8) is 0 Å². The molecule has 0 saturated heterocycles. The van der Waals surface area contributed by atoms with E-state index >= 15 is 0 Å². The first-order valence-electron chi connectivity index (χ1n) is 4.60. The maximum atomic E-state index is 11.1. The number of carbonyl (C=O) groups excluding carboxylic acids is 1. The number of carboxylic acids is 1. The van der Waals surface area contributed by atoms with Gasteiger partial charge in [0.1, 0.15) is 5.84 Å². The summed E-state index contributed by atoms with van der Waals surface area (Å²) < 4.78 is 0. The zero-order chi connectivity index (χ0) is 11.3. The third-order valence-corrected chi connectivity index (χ3v) is 1.83. The molecule has 0 aromatic carbocycles. The van der Waals surface area contributed by atoms with Crippen LogP contribution in [0.1, 0.15) is 19.8 Å². The average molecular weight is 208 g/mol. The van der Waals surface area contributed by atoms with Gasteiger partial charge in [-0.2, -0.15) is 0 Å². The smallest absolute Gasteiger partial charge is 0.332 e. The van der Waals surface area contributed by atoms with Crippen LogP contribution in [0.15, 0.2) is 28.9 Å². The van der Waals surface area contributed by atoms with Gasteiger partial charge in [0.05, 0.1) is 0 Å². The number of allylic oxidation sites excluding steroid dienone is 1. The lowest BCUT2D eigenvalue weighted by atomic mass is 10.2. The average Bonchev–Trinajstić information content (AvgIpc) is 2.43. The van der Waals surface area contributed by atoms with E-state index in [1.54, 1.807) is 13.0 Å². The molecule has 80 valence electrons. The van der Waals surface area contributed by atoms with Crippen molar-refractivity contribution in [3.05, 3.63) is 23.9 Å². The van der Waals surface area contributed by atoms with Crippen LogP contribution in [0.25, 0.3) is 0 Å². The molecule has 0 spiro atoms. The lowest BCUT2D eigenvalue weighted by molar-refractivity contribution is -0.132. The molecule has 5 heteroatoms. The van der Waals surface area contributed by atoms with Crippen LogP contribution in [0.3, 0.4) is 0 Å². The molecule has 0 bridgehead atoms. The largest absolute Gasteiger partial charge is 0.478 e. The van der Waals surface area contributed by atoms with Gasteiger partial charge in [-0.15, -0.1) is 0 Å². The number of aliphatic imine (C=N–C) groups is 1. The maximum Gasteiger partial charge on any atom is 0.332 e. The van der Waals surface area contributed by atoms with Crippen LogP contribution in [-0.2, 0) is 9.59 Å². The summed E-state index contributed by atoms with van der Waals surface area (Å²) in [7, 11) is 0. The molecule has 0 saturated carbocycles. The van der Waals surface area contributed by atoms with Crippen LogP contribution in [0, 0.1) is 0 Å². The first-order valence-corrected chi connectivity index (χ1v) is 4.60. The zero-order valence-corrected chi connectivity index (χ0v) is 8.36. The molecule has 0 aromatic heterocycles. The molecule has 1 heterocycles. The molecule has 5 nitrogen and oxygen atoms in total. The second-order valence-corrected chi connectivity index (χ2v) is 2.98. The number of nitrogens with one attached hydrogen (secondary N) is 1. The van der Waals surface area contributed by atoms with Gasteiger partial charge in [-0.1, -0.05) is 13.0 Å². The summed E-state index contributed by atoms with van der Waals surface area (Å²) >= 11 is 0. The van der Waals surface area contributed by atoms with Gasteiger partial charge < -0.3 is 10.4 Å². The Kier molecular flexibility index (Phi) is 3.79. The molecule has 0 radical (unpaired) electrons. The highest BCUT2D eigenvalue weighted by molar-refractivity contribution is 6.08. The topological polar surface area (TPSA) is 78.8 Å². The standard InChI is InChI=1S/C10H12N2O3/c1-2-9(13)12-8-6-7(10(14)15)4-3-5-11-8/h3,5-6H,2,4H2,1H3,(H,14,15)(H,11,12,13). The lowest BCUT2D eigenvalue weighted by Gasteiger charge is -2.02. The number of rotatable bonds is 2. The molecule has 0 fully saturated rings. The highest BCUT2D eigenvalue weighted by Crippen LogP contribution is 2.06. The van der Waals surface area contributed by atoms with Crippen molar-refractivity contribution in [3.8, 4) is 0 Å². The molecule has 0 atom stereocenters. The summed E-state index contributed by atoms with van der Waals surface area (Å²) in [5.74, 6) is -0.918. The predicted octanol–water partition coefficient (Wildman–Crippen LogP) is 0.840. The van der Waals surface area contributed by atoms with Gasteiger partial charge in [-0.3, -0.25) is 4.79 Å².